The van der Waals surface area contributed by atoms with Crippen LogP contribution in [0.2, 0.25) is 0 Å². The van der Waals surface area contributed by atoms with Crippen molar-refractivity contribution in [3.8, 4) is 0 Å². The molecule has 0 aliphatic carbocycles. The number of furan rings is 1. The number of benzene rings is 1. The summed E-state index contributed by atoms with van der Waals surface area (Å²) in [5, 5.41) is 4.07. The van der Waals surface area contributed by atoms with Gasteiger partial charge in [-0.1, -0.05) is 29.8 Å². The van der Waals surface area contributed by atoms with Crippen LogP contribution >= 0.6 is 0 Å². The van der Waals surface area contributed by atoms with Gasteiger partial charge in [0.25, 0.3) is 0 Å². The standard InChI is InChI=1S/C23H28N4O2/c1-14-7-9-18(10-8-14)12-24-22(28)19-6-5-11-27(13-19)21-20-15(2)16(3)29-23(20)26-17(4)25-21/h7-10,19H,5-6,11-13H2,1-4H3,(H,24,28). The average Bonchev–Trinajstić information content (AvgIpc) is 3.00. The molecule has 6 nitrogen and oxygen atoms in total. The zero-order valence-electron chi connectivity index (χ0n) is 17.6. The molecule has 1 aliphatic heterocycles. The topological polar surface area (TPSA) is 71.3 Å². The van der Waals surface area contributed by atoms with E-state index in [9.17, 15) is 4.79 Å². The molecule has 1 aliphatic rings. The van der Waals surface area contributed by atoms with Crippen LogP contribution in [0.3, 0.4) is 0 Å². The molecule has 29 heavy (non-hydrogen) atoms. The minimum atomic E-state index is -0.0483. The molecule has 6 heteroatoms. The summed E-state index contributed by atoms with van der Waals surface area (Å²) in [5.74, 6) is 2.50. The highest BCUT2D eigenvalue weighted by molar-refractivity contribution is 5.90. The maximum absolute atomic E-state index is 12.8. The summed E-state index contributed by atoms with van der Waals surface area (Å²) in [4.78, 5) is 24.2. The smallest absolute Gasteiger partial charge is 0.231 e. The van der Waals surface area contributed by atoms with Crippen LogP contribution in [0.1, 0.15) is 41.1 Å². The predicted molar refractivity (Wildman–Crippen MR) is 114 cm³/mol. The summed E-state index contributed by atoms with van der Waals surface area (Å²) >= 11 is 0. The zero-order chi connectivity index (χ0) is 20.5. The van der Waals surface area contributed by atoms with E-state index in [0.717, 1.165) is 47.5 Å². The minimum Gasteiger partial charge on any atom is -0.443 e. The second-order valence-corrected chi connectivity index (χ2v) is 8.05. The number of carbonyl (C=O) groups excluding carboxylic acids is 1. The summed E-state index contributed by atoms with van der Waals surface area (Å²) in [6.45, 7) is 10.0. The monoisotopic (exact) mass is 392 g/mol. The van der Waals surface area contributed by atoms with Gasteiger partial charge < -0.3 is 14.6 Å². The molecule has 3 heterocycles. The summed E-state index contributed by atoms with van der Waals surface area (Å²) in [5.41, 5.74) is 4.04. The molecular formula is C23H28N4O2. The molecule has 2 aromatic heterocycles. The van der Waals surface area contributed by atoms with Gasteiger partial charge in [-0.05, 0) is 46.1 Å². The van der Waals surface area contributed by atoms with E-state index >= 15 is 0 Å². The molecule has 1 unspecified atom stereocenters. The molecule has 152 valence electrons. The van der Waals surface area contributed by atoms with Crippen molar-refractivity contribution in [2.75, 3.05) is 18.0 Å². The molecule has 1 amide bonds. The molecule has 0 bridgehead atoms. The Balaban J connectivity index is 1.50. The van der Waals surface area contributed by atoms with Gasteiger partial charge in [-0.2, -0.15) is 4.98 Å². The second kappa shape index (κ2) is 7.85. The number of piperidine rings is 1. The van der Waals surface area contributed by atoms with Gasteiger partial charge >= 0.3 is 0 Å². The number of nitrogens with zero attached hydrogens (tertiary/aromatic N) is 3. The fourth-order valence-corrected chi connectivity index (χ4v) is 3.98. The molecule has 0 saturated carbocycles. The first kappa shape index (κ1) is 19.4. The summed E-state index contributed by atoms with van der Waals surface area (Å²) < 4.78 is 5.82. The van der Waals surface area contributed by atoms with Crippen LogP contribution in [-0.2, 0) is 11.3 Å². The largest absolute Gasteiger partial charge is 0.443 e. The van der Waals surface area contributed by atoms with Crippen LogP contribution < -0.4 is 10.2 Å². The maximum Gasteiger partial charge on any atom is 0.231 e. The fraction of sp³-hybridized carbons (Fsp3) is 0.435. The Morgan fingerprint density at radius 2 is 1.93 bits per heavy atom. The average molecular weight is 393 g/mol. The number of aromatic nitrogens is 2. The number of nitrogens with one attached hydrogen (secondary N) is 1. The molecule has 1 N–H and O–H groups in total. The Bertz CT molecular complexity index is 1040. The van der Waals surface area contributed by atoms with Crippen LogP contribution in [0, 0.1) is 33.6 Å². The Morgan fingerprint density at radius 3 is 2.69 bits per heavy atom. The van der Waals surface area contributed by atoms with Crippen molar-refractivity contribution in [3.63, 3.8) is 0 Å². The van der Waals surface area contributed by atoms with Gasteiger partial charge in [0.2, 0.25) is 11.6 Å². The lowest BCUT2D eigenvalue weighted by Crippen LogP contribution is -2.43. The van der Waals surface area contributed by atoms with Crippen LogP contribution in [0.25, 0.3) is 11.1 Å². The third-order valence-corrected chi connectivity index (χ3v) is 5.80. The number of carbonyl (C=O) groups is 1. The van der Waals surface area contributed by atoms with E-state index in [1.165, 1.54) is 5.56 Å². The highest BCUT2D eigenvalue weighted by Crippen LogP contribution is 2.33. The van der Waals surface area contributed by atoms with Crippen molar-refractivity contribution < 1.29 is 9.21 Å². The highest BCUT2D eigenvalue weighted by Gasteiger charge is 2.29. The number of amides is 1. The third-order valence-electron chi connectivity index (χ3n) is 5.80. The first-order valence-corrected chi connectivity index (χ1v) is 10.2. The molecule has 1 atom stereocenters. The van der Waals surface area contributed by atoms with E-state index < -0.39 is 0 Å². The normalized spacial score (nSPS) is 17.0. The van der Waals surface area contributed by atoms with Crippen molar-refractivity contribution in [1.82, 2.24) is 15.3 Å². The molecular weight excluding hydrogens is 364 g/mol. The van der Waals surface area contributed by atoms with E-state index in [2.05, 4.69) is 46.4 Å². The van der Waals surface area contributed by atoms with Crippen LogP contribution in [-0.4, -0.2) is 29.0 Å². The van der Waals surface area contributed by atoms with Crippen LogP contribution in [0.4, 0.5) is 5.82 Å². The van der Waals surface area contributed by atoms with Gasteiger partial charge in [0.1, 0.15) is 17.4 Å². The molecule has 1 fully saturated rings. The van der Waals surface area contributed by atoms with E-state index in [0.29, 0.717) is 24.6 Å². The minimum absolute atomic E-state index is 0.0483. The molecule has 1 saturated heterocycles. The fourth-order valence-electron chi connectivity index (χ4n) is 3.98. The number of anilines is 1. The van der Waals surface area contributed by atoms with Gasteiger partial charge in [0, 0.05) is 25.2 Å². The Labute approximate surface area is 171 Å². The van der Waals surface area contributed by atoms with Gasteiger partial charge in [0.05, 0.1) is 11.3 Å². The zero-order valence-corrected chi connectivity index (χ0v) is 17.6. The number of hydrogen-bond acceptors (Lipinski definition) is 5. The van der Waals surface area contributed by atoms with Crippen LogP contribution in [0.5, 0.6) is 0 Å². The Kier molecular flexibility index (Phi) is 5.26. The van der Waals surface area contributed by atoms with E-state index in [-0.39, 0.29) is 11.8 Å². The second-order valence-electron chi connectivity index (χ2n) is 8.05. The first-order chi connectivity index (χ1) is 13.9. The lowest BCUT2D eigenvalue weighted by Gasteiger charge is -2.33. The van der Waals surface area contributed by atoms with E-state index in [4.69, 9.17) is 9.40 Å². The van der Waals surface area contributed by atoms with Crippen molar-refractivity contribution in [3.05, 3.63) is 52.5 Å². The SMILES string of the molecule is Cc1ccc(CNC(=O)C2CCCN(c3nc(C)nc4oc(C)c(C)c34)C2)cc1. The first-order valence-electron chi connectivity index (χ1n) is 10.2. The number of fused-ring (bicyclic) bond motifs is 1. The van der Waals surface area contributed by atoms with Gasteiger partial charge in [-0.3, -0.25) is 4.79 Å². The number of hydrogen-bond donors (Lipinski definition) is 1. The highest BCUT2D eigenvalue weighted by atomic mass is 16.3. The summed E-state index contributed by atoms with van der Waals surface area (Å²) in [6.07, 6.45) is 1.86. The molecule has 1 aromatic carbocycles. The summed E-state index contributed by atoms with van der Waals surface area (Å²) in [6, 6.07) is 8.27. The molecule has 0 radical (unpaired) electrons. The van der Waals surface area contributed by atoms with E-state index in [1.54, 1.807) is 0 Å². The van der Waals surface area contributed by atoms with E-state index in [1.807, 2.05) is 20.8 Å². The lowest BCUT2D eigenvalue weighted by atomic mass is 9.96. The lowest BCUT2D eigenvalue weighted by molar-refractivity contribution is -0.125. The van der Waals surface area contributed by atoms with Crippen LogP contribution in [0.15, 0.2) is 28.7 Å². The van der Waals surface area contributed by atoms with Crippen molar-refractivity contribution >= 4 is 22.8 Å². The van der Waals surface area contributed by atoms with Crippen molar-refractivity contribution in [2.45, 2.75) is 47.1 Å². The third kappa shape index (κ3) is 3.97. The van der Waals surface area contributed by atoms with Crippen molar-refractivity contribution in [1.29, 1.82) is 0 Å². The van der Waals surface area contributed by atoms with Gasteiger partial charge in [-0.25, -0.2) is 4.98 Å². The molecule has 3 aromatic rings. The van der Waals surface area contributed by atoms with Crippen molar-refractivity contribution in [2.24, 2.45) is 5.92 Å². The molecule has 4 rings (SSSR count). The Hall–Kier alpha value is -2.89. The van der Waals surface area contributed by atoms with Gasteiger partial charge in [-0.15, -0.1) is 0 Å². The molecule has 0 spiro atoms. The predicted octanol–water partition coefficient (Wildman–Crippen LogP) is 3.99. The Morgan fingerprint density at radius 1 is 1.17 bits per heavy atom. The summed E-state index contributed by atoms with van der Waals surface area (Å²) in [7, 11) is 0. The van der Waals surface area contributed by atoms with Gasteiger partial charge in [0.15, 0.2) is 0 Å². The number of aryl methyl sites for hydroxylation is 4. The quantitative estimate of drug-likeness (QED) is 0.727. The maximum atomic E-state index is 12.8. The number of rotatable bonds is 4.